The molecule has 3 rings (SSSR count). The Hall–Kier alpha value is -2.42. The Kier molecular flexibility index (Phi) is 6.56. The van der Waals surface area contributed by atoms with E-state index in [0.717, 1.165) is 17.4 Å². The van der Waals surface area contributed by atoms with Gasteiger partial charge in [0, 0.05) is 25.3 Å². The van der Waals surface area contributed by atoms with Gasteiger partial charge in [0.1, 0.15) is 6.04 Å². The molecule has 2 aliphatic rings. The minimum absolute atomic E-state index is 0.0660. The summed E-state index contributed by atoms with van der Waals surface area (Å²) < 4.78 is 5.54. The molecule has 8 nitrogen and oxygen atoms in total. The van der Waals surface area contributed by atoms with E-state index in [1.54, 1.807) is 6.07 Å². The van der Waals surface area contributed by atoms with Crippen LogP contribution >= 0.6 is 23.2 Å². The molecule has 1 aromatic rings. The summed E-state index contributed by atoms with van der Waals surface area (Å²) in [6.07, 6.45) is 2.50. The number of anilines is 1. The Morgan fingerprint density at radius 3 is 2.52 bits per heavy atom. The lowest BCUT2D eigenvalue weighted by Gasteiger charge is -2.29. The molecule has 0 radical (unpaired) electrons. The molecule has 29 heavy (non-hydrogen) atoms. The first-order valence-corrected chi connectivity index (χ1v) is 9.69. The highest BCUT2D eigenvalue weighted by Crippen LogP contribution is 2.37. The third-order valence-electron chi connectivity index (χ3n) is 4.74. The SMILES string of the molecule is O=C(O)C=CC(=O)N(CC1CCCO1)C1CC(=O)N(c2c(Cl)cccc2Cl)C1=O. The lowest BCUT2D eigenvalue weighted by atomic mass is 10.1. The number of hydrogen-bond donors (Lipinski definition) is 1. The highest BCUT2D eigenvalue weighted by molar-refractivity contribution is 6.42. The number of nitrogens with zero attached hydrogens (tertiary/aromatic N) is 2. The Morgan fingerprint density at radius 1 is 1.24 bits per heavy atom. The minimum atomic E-state index is -1.30. The van der Waals surface area contributed by atoms with Crippen LogP contribution in [0.3, 0.4) is 0 Å². The van der Waals surface area contributed by atoms with E-state index in [4.69, 9.17) is 33.0 Å². The normalized spacial score (nSPS) is 21.9. The summed E-state index contributed by atoms with van der Waals surface area (Å²) in [6.45, 7) is 0.604. The number of para-hydroxylation sites is 1. The van der Waals surface area contributed by atoms with Crippen molar-refractivity contribution in [3.63, 3.8) is 0 Å². The number of imide groups is 1. The topological polar surface area (TPSA) is 104 Å². The Morgan fingerprint density at radius 2 is 1.93 bits per heavy atom. The molecule has 2 unspecified atom stereocenters. The molecule has 2 aliphatic heterocycles. The zero-order valence-electron chi connectivity index (χ0n) is 15.2. The van der Waals surface area contributed by atoms with Crippen molar-refractivity contribution >= 4 is 52.6 Å². The fourth-order valence-corrected chi connectivity index (χ4v) is 3.98. The van der Waals surface area contributed by atoms with Gasteiger partial charge in [-0.05, 0) is 25.0 Å². The maximum Gasteiger partial charge on any atom is 0.328 e. The Balaban J connectivity index is 1.91. The zero-order chi connectivity index (χ0) is 21.1. The monoisotopic (exact) mass is 440 g/mol. The number of carbonyl (C=O) groups is 4. The summed E-state index contributed by atoms with van der Waals surface area (Å²) >= 11 is 12.3. The van der Waals surface area contributed by atoms with Crippen molar-refractivity contribution in [3.8, 4) is 0 Å². The van der Waals surface area contributed by atoms with Crippen molar-refractivity contribution in [2.75, 3.05) is 18.1 Å². The number of halogens is 2. The van der Waals surface area contributed by atoms with Crippen LogP contribution in [0.5, 0.6) is 0 Å². The molecule has 2 saturated heterocycles. The molecule has 0 aromatic heterocycles. The van der Waals surface area contributed by atoms with E-state index in [1.165, 1.54) is 17.0 Å². The Bertz CT molecular complexity index is 861. The number of carboxylic acid groups (broad SMARTS) is 1. The summed E-state index contributed by atoms with van der Waals surface area (Å²) in [7, 11) is 0. The molecule has 1 aromatic carbocycles. The summed E-state index contributed by atoms with van der Waals surface area (Å²) in [5, 5.41) is 9.05. The number of rotatable bonds is 6. The van der Waals surface area contributed by atoms with Crippen molar-refractivity contribution in [3.05, 3.63) is 40.4 Å². The first-order valence-electron chi connectivity index (χ1n) is 8.93. The minimum Gasteiger partial charge on any atom is -0.478 e. The van der Waals surface area contributed by atoms with Crippen LogP contribution in [0.1, 0.15) is 19.3 Å². The highest BCUT2D eigenvalue weighted by Gasteiger charge is 2.46. The van der Waals surface area contributed by atoms with Gasteiger partial charge in [-0.2, -0.15) is 0 Å². The van der Waals surface area contributed by atoms with Crippen LogP contribution in [0.2, 0.25) is 10.0 Å². The maximum atomic E-state index is 13.1. The average molecular weight is 441 g/mol. The fraction of sp³-hybridized carbons (Fsp3) is 0.368. The second kappa shape index (κ2) is 8.94. The van der Waals surface area contributed by atoms with Gasteiger partial charge in [-0.15, -0.1) is 0 Å². The third-order valence-corrected chi connectivity index (χ3v) is 5.35. The van der Waals surface area contributed by atoms with E-state index in [0.29, 0.717) is 19.1 Å². The molecular formula is C19H18Cl2N2O6. The zero-order valence-corrected chi connectivity index (χ0v) is 16.7. The standard InChI is InChI=1S/C19H18Cl2N2O6/c20-12-4-1-5-13(21)18(12)23-16(25)9-14(19(23)28)22(10-11-3-2-8-29-11)15(24)6-7-17(26)27/h1,4-7,11,14H,2-3,8-10H2,(H,26,27). The summed E-state index contributed by atoms with van der Waals surface area (Å²) in [5.74, 6) is -3.20. The number of aliphatic carboxylic acids is 1. The van der Waals surface area contributed by atoms with E-state index in [9.17, 15) is 19.2 Å². The third kappa shape index (κ3) is 4.60. The predicted molar refractivity (Wildman–Crippen MR) is 105 cm³/mol. The van der Waals surface area contributed by atoms with Crippen molar-refractivity contribution < 1.29 is 29.0 Å². The van der Waals surface area contributed by atoms with Crippen molar-refractivity contribution in [1.29, 1.82) is 0 Å². The molecule has 0 aliphatic carbocycles. The van der Waals surface area contributed by atoms with E-state index in [2.05, 4.69) is 0 Å². The summed E-state index contributed by atoms with van der Waals surface area (Å²) in [6, 6.07) is 3.48. The molecule has 2 atom stereocenters. The van der Waals surface area contributed by atoms with Gasteiger partial charge < -0.3 is 14.7 Å². The molecule has 3 amide bonds. The van der Waals surface area contributed by atoms with Crippen LogP contribution in [0, 0.1) is 0 Å². The Labute approximate surface area is 176 Å². The quantitative estimate of drug-likeness (QED) is 0.537. The van der Waals surface area contributed by atoms with Crippen LogP contribution in [0.15, 0.2) is 30.4 Å². The smallest absolute Gasteiger partial charge is 0.328 e. The van der Waals surface area contributed by atoms with Crippen molar-refractivity contribution in [1.82, 2.24) is 4.90 Å². The number of benzene rings is 1. The molecule has 0 bridgehead atoms. The van der Waals surface area contributed by atoms with E-state index in [1.807, 2.05) is 0 Å². The van der Waals surface area contributed by atoms with Gasteiger partial charge in [-0.1, -0.05) is 29.3 Å². The van der Waals surface area contributed by atoms with E-state index >= 15 is 0 Å². The van der Waals surface area contributed by atoms with E-state index in [-0.39, 0.29) is 34.8 Å². The van der Waals surface area contributed by atoms with Gasteiger partial charge >= 0.3 is 5.97 Å². The van der Waals surface area contributed by atoms with Gasteiger partial charge in [0.2, 0.25) is 11.8 Å². The number of hydrogen-bond acceptors (Lipinski definition) is 5. The van der Waals surface area contributed by atoms with Crippen LogP contribution in [0.4, 0.5) is 5.69 Å². The first kappa shape index (κ1) is 21.3. The molecule has 0 saturated carbocycles. The van der Waals surface area contributed by atoms with Gasteiger partial charge in [0.15, 0.2) is 0 Å². The molecule has 1 N–H and O–H groups in total. The predicted octanol–water partition coefficient (Wildman–Crippen LogP) is 2.27. The molecule has 10 heteroatoms. The van der Waals surface area contributed by atoms with E-state index < -0.39 is 29.7 Å². The van der Waals surface area contributed by atoms with Crippen LogP contribution in [-0.4, -0.2) is 59.0 Å². The second-order valence-corrected chi connectivity index (χ2v) is 7.47. The molecule has 154 valence electrons. The summed E-state index contributed by atoms with van der Waals surface area (Å²) in [4.78, 5) is 51.2. The number of amides is 3. The van der Waals surface area contributed by atoms with Crippen LogP contribution in [0.25, 0.3) is 0 Å². The molecule has 2 heterocycles. The fourth-order valence-electron chi connectivity index (χ4n) is 3.41. The summed E-state index contributed by atoms with van der Waals surface area (Å²) in [5.41, 5.74) is 0.0685. The van der Waals surface area contributed by atoms with Gasteiger partial charge in [0.25, 0.3) is 5.91 Å². The number of carbonyl (C=O) groups excluding carboxylic acids is 3. The first-order chi connectivity index (χ1) is 13.8. The number of ether oxygens (including phenoxy) is 1. The van der Waals surface area contributed by atoms with Gasteiger partial charge in [0.05, 0.1) is 28.3 Å². The lowest BCUT2D eigenvalue weighted by Crippen LogP contribution is -2.48. The second-order valence-electron chi connectivity index (χ2n) is 6.65. The largest absolute Gasteiger partial charge is 0.478 e. The van der Waals surface area contributed by atoms with Gasteiger partial charge in [-0.3, -0.25) is 14.4 Å². The maximum absolute atomic E-state index is 13.1. The lowest BCUT2D eigenvalue weighted by molar-refractivity contribution is -0.136. The van der Waals surface area contributed by atoms with Crippen LogP contribution in [-0.2, 0) is 23.9 Å². The van der Waals surface area contributed by atoms with Crippen molar-refractivity contribution in [2.24, 2.45) is 0 Å². The van der Waals surface area contributed by atoms with Crippen molar-refractivity contribution in [2.45, 2.75) is 31.4 Å². The van der Waals surface area contributed by atoms with Gasteiger partial charge in [-0.25, -0.2) is 9.69 Å². The molecular weight excluding hydrogens is 423 g/mol. The molecule has 0 spiro atoms. The number of carboxylic acids is 1. The van der Waals surface area contributed by atoms with Crippen LogP contribution < -0.4 is 4.90 Å². The highest BCUT2D eigenvalue weighted by atomic mass is 35.5. The molecule has 2 fully saturated rings. The average Bonchev–Trinajstić information content (AvgIpc) is 3.27.